The molecule has 6 heteroatoms. The number of anilines is 1. The fourth-order valence-electron chi connectivity index (χ4n) is 3.76. The van der Waals surface area contributed by atoms with Crippen molar-refractivity contribution in [2.45, 2.75) is 26.3 Å². The van der Waals surface area contributed by atoms with Crippen LogP contribution in [0.5, 0.6) is 0 Å². The molecule has 1 aliphatic rings. The Hall–Kier alpha value is -3.12. The Bertz CT molecular complexity index is 877. The standard InChI is InChI=1S/C26H34N4O2/c1-3-21(2)24(28-26(32)27-23-14-8-5-9-15-23)25(31)30-19-17-29(18-20-30)16-10-13-22-11-6-4-7-12-22/h4-15,21,24H,3,16-20H2,1-2H3,(H2,27,28,32)/b13-10+. The Kier molecular flexibility index (Phi) is 8.87. The van der Waals surface area contributed by atoms with E-state index in [0.717, 1.165) is 26.1 Å². The Labute approximate surface area is 191 Å². The van der Waals surface area contributed by atoms with E-state index in [1.807, 2.05) is 67.3 Å². The van der Waals surface area contributed by atoms with E-state index in [1.165, 1.54) is 5.56 Å². The van der Waals surface area contributed by atoms with E-state index in [-0.39, 0.29) is 17.9 Å². The summed E-state index contributed by atoms with van der Waals surface area (Å²) < 4.78 is 0. The van der Waals surface area contributed by atoms with Crippen molar-refractivity contribution < 1.29 is 9.59 Å². The lowest BCUT2D eigenvalue weighted by Gasteiger charge is -2.37. The number of piperazine rings is 1. The summed E-state index contributed by atoms with van der Waals surface area (Å²) in [4.78, 5) is 30.0. The van der Waals surface area contributed by atoms with Gasteiger partial charge in [-0.15, -0.1) is 0 Å². The average Bonchev–Trinajstić information content (AvgIpc) is 2.83. The largest absolute Gasteiger partial charge is 0.338 e. The first-order valence-electron chi connectivity index (χ1n) is 11.4. The highest BCUT2D eigenvalue weighted by Gasteiger charge is 2.31. The summed E-state index contributed by atoms with van der Waals surface area (Å²) in [6, 6.07) is 18.6. The fourth-order valence-corrected chi connectivity index (χ4v) is 3.76. The van der Waals surface area contributed by atoms with Crippen LogP contribution in [0.4, 0.5) is 10.5 Å². The van der Waals surface area contributed by atoms with Crippen LogP contribution in [0.3, 0.4) is 0 Å². The third-order valence-corrected chi connectivity index (χ3v) is 5.95. The van der Waals surface area contributed by atoms with Gasteiger partial charge in [-0.1, -0.05) is 81.0 Å². The van der Waals surface area contributed by atoms with Crippen molar-refractivity contribution in [1.29, 1.82) is 0 Å². The van der Waals surface area contributed by atoms with Gasteiger partial charge in [-0.05, 0) is 23.6 Å². The molecule has 2 aromatic carbocycles. The number of hydrogen-bond donors (Lipinski definition) is 2. The van der Waals surface area contributed by atoms with Crippen LogP contribution in [0.1, 0.15) is 25.8 Å². The highest BCUT2D eigenvalue weighted by atomic mass is 16.2. The van der Waals surface area contributed by atoms with Crippen LogP contribution in [0.25, 0.3) is 6.08 Å². The number of hydrogen-bond acceptors (Lipinski definition) is 3. The number of rotatable bonds is 8. The topological polar surface area (TPSA) is 64.7 Å². The van der Waals surface area contributed by atoms with Gasteiger partial charge in [0.15, 0.2) is 0 Å². The van der Waals surface area contributed by atoms with Crippen molar-refractivity contribution in [1.82, 2.24) is 15.1 Å². The summed E-state index contributed by atoms with van der Waals surface area (Å²) in [6.45, 7) is 7.92. The second-order valence-electron chi connectivity index (χ2n) is 8.27. The van der Waals surface area contributed by atoms with Crippen molar-refractivity contribution in [3.05, 3.63) is 72.3 Å². The van der Waals surface area contributed by atoms with Crippen molar-refractivity contribution in [3.8, 4) is 0 Å². The second kappa shape index (κ2) is 12.1. The molecule has 3 amide bonds. The highest BCUT2D eigenvalue weighted by Crippen LogP contribution is 2.14. The molecule has 1 saturated heterocycles. The van der Waals surface area contributed by atoms with Gasteiger partial charge in [0.1, 0.15) is 6.04 Å². The van der Waals surface area contributed by atoms with Gasteiger partial charge in [-0.25, -0.2) is 4.79 Å². The lowest BCUT2D eigenvalue weighted by Crippen LogP contribution is -2.57. The maximum atomic E-state index is 13.2. The summed E-state index contributed by atoms with van der Waals surface area (Å²) in [5, 5.41) is 5.73. The Morgan fingerprint density at radius 3 is 2.22 bits per heavy atom. The number of amides is 3. The molecule has 0 aliphatic carbocycles. The maximum Gasteiger partial charge on any atom is 0.319 e. The Morgan fingerprint density at radius 1 is 0.969 bits per heavy atom. The first-order valence-corrected chi connectivity index (χ1v) is 11.4. The Balaban J connectivity index is 1.51. The number of urea groups is 1. The molecule has 0 bridgehead atoms. The molecule has 2 aromatic rings. The number of benzene rings is 2. The molecule has 2 atom stereocenters. The molecule has 2 unspecified atom stereocenters. The molecular weight excluding hydrogens is 400 g/mol. The lowest BCUT2D eigenvalue weighted by atomic mass is 9.97. The minimum Gasteiger partial charge on any atom is -0.338 e. The summed E-state index contributed by atoms with van der Waals surface area (Å²) in [7, 11) is 0. The van der Waals surface area contributed by atoms with Crippen LogP contribution in [0.15, 0.2) is 66.7 Å². The minimum atomic E-state index is -0.534. The van der Waals surface area contributed by atoms with Gasteiger partial charge in [-0.2, -0.15) is 0 Å². The van der Waals surface area contributed by atoms with Gasteiger partial charge in [0.25, 0.3) is 0 Å². The van der Waals surface area contributed by atoms with E-state index in [9.17, 15) is 9.59 Å². The van der Waals surface area contributed by atoms with Crippen LogP contribution in [-0.4, -0.2) is 60.5 Å². The van der Waals surface area contributed by atoms with Crippen molar-refractivity contribution >= 4 is 23.7 Å². The van der Waals surface area contributed by atoms with Gasteiger partial charge in [0, 0.05) is 38.4 Å². The normalized spacial score (nSPS) is 16.5. The van der Waals surface area contributed by atoms with Crippen LogP contribution < -0.4 is 10.6 Å². The number of carbonyl (C=O) groups excluding carboxylic acids is 2. The molecular formula is C26H34N4O2. The van der Waals surface area contributed by atoms with Crippen LogP contribution in [-0.2, 0) is 4.79 Å². The molecule has 6 nitrogen and oxygen atoms in total. The fraction of sp³-hybridized carbons (Fsp3) is 0.385. The molecule has 3 rings (SSSR count). The van der Waals surface area contributed by atoms with Crippen LogP contribution in [0.2, 0.25) is 0 Å². The maximum absolute atomic E-state index is 13.2. The number of nitrogens with one attached hydrogen (secondary N) is 2. The van der Waals surface area contributed by atoms with E-state index in [1.54, 1.807) is 0 Å². The predicted octanol–water partition coefficient (Wildman–Crippen LogP) is 4.08. The molecule has 0 spiro atoms. The van der Waals surface area contributed by atoms with Crippen molar-refractivity contribution in [2.75, 3.05) is 38.0 Å². The number of carbonyl (C=O) groups is 2. The van der Waals surface area contributed by atoms with Crippen molar-refractivity contribution in [3.63, 3.8) is 0 Å². The molecule has 1 aliphatic heterocycles. The zero-order chi connectivity index (χ0) is 22.8. The summed E-state index contributed by atoms with van der Waals surface area (Å²) in [5.41, 5.74) is 1.90. The molecule has 1 fully saturated rings. The first-order chi connectivity index (χ1) is 15.6. The van der Waals surface area contributed by atoms with E-state index in [0.29, 0.717) is 18.8 Å². The zero-order valence-corrected chi connectivity index (χ0v) is 19.0. The summed E-state index contributed by atoms with van der Waals surface area (Å²) in [5.74, 6) is 0.0536. The van der Waals surface area contributed by atoms with Crippen LogP contribution in [0, 0.1) is 5.92 Å². The van der Waals surface area contributed by atoms with E-state index < -0.39 is 6.04 Å². The Morgan fingerprint density at radius 2 is 1.59 bits per heavy atom. The quantitative estimate of drug-likeness (QED) is 0.658. The van der Waals surface area contributed by atoms with E-state index in [2.05, 4.69) is 39.8 Å². The van der Waals surface area contributed by atoms with Gasteiger partial charge in [0.2, 0.25) is 5.91 Å². The third-order valence-electron chi connectivity index (χ3n) is 5.95. The number of para-hydroxylation sites is 1. The van der Waals surface area contributed by atoms with E-state index in [4.69, 9.17) is 0 Å². The third kappa shape index (κ3) is 6.95. The molecule has 0 radical (unpaired) electrons. The second-order valence-corrected chi connectivity index (χ2v) is 8.27. The van der Waals surface area contributed by atoms with Gasteiger partial charge >= 0.3 is 6.03 Å². The average molecular weight is 435 g/mol. The molecule has 1 heterocycles. The number of nitrogens with zero attached hydrogens (tertiary/aromatic N) is 2. The van der Waals surface area contributed by atoms with Gasteiger partial charge in [-0.3, -0.25) is 9.69 Å². The van der Waals surface area contributed by atoms with Crippen molar-refractivity contribution in [2.24, 2.45) is 5.92 Å². The molecule has 32 heavy (non-hydrogen) atoms. The predicted molar refractivity (Wildman–Crippen MR) is 130 cm³/mol. The zero-order valence-electron chi connectivity index (χ0n) is 19.0. The molecule has 0 aromatic heterocycles. The van der Waals surface area contributed by atoms with Gasteiger partial charge < -0.3 is 15.5 Å². The minimum absolute atomic E-state index is 0.00189. The van der Waals surface area contributed by atoms with Crippen LogP contribution >= 0.6 is 0 Å². The van der Waals surface area contributed by atoms with Gasteiger partial charge in [0.05, 0.1) is 0 Å². The monoisotopic (exact) mass is 434 g/mol. The smallest absolute Gasteiger partial charge is 0.319 e. The summed E-state index contributed by atoms with van der Waals surface area (Å²) >= 11 is 0. The first kappa shape index (κ1) is 23.5. The molecule has 170 valence electrons. The SMILES string of the molecule is CCC(C)C(NC(=O)Nc1ccccc1)C(=O)N1CCN(C/C=C/c2ccccc2)CC1. The molecule has 2 N–H and O–H groups in total. The lowest BCUT2D eigenvalue weighted by molar-refractivity contribution is -0.136. The highest BCUT2D eigenvalue weighted by molar-refractivity contribution is 5.93. The summed E-state index contributed by atoms with van der Waals surface area (Å²) in [6.07, 6.45) is 5.11. The molecule has 0 saturated carbocycles. The van der Waals surface area contributed by atoms with E-state index >= 15 is 0 Å².